The fourth-order valence-corrected chi connectivity index (χ4v) is 2.96. The number of aliphatic hydroxyl groups excluding tert-OH is 1. The van der Waals surface area contributed by atoms with Crippen molar-refractivity contribution in [1.82, 2.24) is 0 Å². The summed E-state index contributed by atoms with van der Waals surface area (Å²) >= 11 is 0. The number of aryl methyl sites for hydroxylation is 1. The second kappa shape index (κ2) is 6.33. The molecule has 0 heterocycles. The molecule has 0 radical (unpaired) electrons. The Morgan fingerprint density at radius 2 is 1.89 bits per heavy atom. The van der Waals surface area contributed by atoms with Gasteiger partial charge in [0.2, 0.25) is 0 Å². The van der Waals surface area contributed by atoms with Crippen molar-refractivity contribution in [1.29, 1.82) is 0 Å². The van der Waals surface area contributed by atoms with Crippen LogP contribution < -0.4 is 0 Å². The molecule has 1 unspecified atom stereocenters. The smallest absolute Gasteiger partial charge is 0.129 e. The quantitative estimate of drug-likeness (QED) is 0.781. The lowest BCUT2D eigenvalue weighted by Gasteiger charge is -2.19. The predicted octanol–water partition coefficient (Wildman–Crippen LogP) is 4.53. The van der Waals surface area contributed by atoms with Crippen molar-refractivity contribution in [3.05, 3.63) is 35.1 Å². The summed E-state index contributed by atoms with van der Waals surface area (Å²) in [5.74, 6) is 0.282. The molecule has 2 heteroatoms. The fourth-order valence-electron chi connectivity index (χ4n) is 2.96. The Hall–Kier alpha value is -0.890. The number of halogens is 1. The van der Waals surface area contributed by atoms with Gasteiger partial charge in [0.15, 0.2) is 0 Å². The first-order valence-corrected chi connectivity index (χ1v) is 7.11. The van der Waals surface area contributed by atoms with Crippen LogP contribution in [0.1, 0.15) is 62.2 Å². The Bertz CT molecular complexity index is 381. The van der Waals surface area contributed by atoms with Crippen LogP contribution in [0.4, 0.5) is 4.39 Å². The average molecular weight is 250 g/mol. The number of aliphatic hydroxyl groups is 1. The van der Waals surface area contributed by atoms with E-state index in [4.69, 9.17) is 0 Å². The van der Waals surface area contributed by atoms with E-state index in [2.05, 4.69) is 0 Å². The highest BCUT2D eigenvalue weighted by Gasteiger charge is 2.19. The van der Waals surface area contributed by atoms with Crippen LogP contribution in [0.2, 0.25) is 0 Å². The Morgan fingerprint density at radius 1 is 1.22 bits per heavy atom. The molecule has 0 spiro atoms. The second-order valence-corrected chi connectivity index (χ2v) is 5.63. The summed E-state index contributed by atoms with van der Waals surface area (Å²) in [7, 11) is 0. The summed E-state index contributed by atoms with van der Waals surface area (Å²) in [5, 5.41) is 10.2. The van der Waals surface area contributed by atoms with Gasteiger partial charge in [-0.2, -0.15) is 0 Å². The van der Waals surface area contributed by atoms with Crippen LogP contribution in [0.5, 0.6) is 0 Å². The van der Waals surface area contributed by atoms with Gasteiger partial charge in [-0.25, -0.2) is 4.39 Å². The van der Waals surface area contributed by atoms with Crippen LogP contribution >= 0.6 is 0 Å². The molecule has 1 aromatic rings. The summed E-state index contributed by atoms with van der Waals surface area (Å²) in [4.78, 5) is 0. The molecule has 1 aromatic carbocycles. The molecule has 1 aliphatic carbocycles. The van der Waals surface area contributed by atoms with Crippen molar-refractivity contribution in [2.45, 2.75) is 58.0 Å². The molecule has 18 heavy (non-hydrogen) atoms. The van der Waals surface area contributed by atoms with E-state index in [1.54, 1.807) is 12.1 Å². The third-order valence-electron chi connectivity index (χ3n) is 4.04. The van der Waals surface area contributed by atoms with E-state index in [9.17, 15) is 9.50 Å². The van der Waals surface area contributed by atoms with Gasteiger partial charge in [0.1, 0.15) is 5.82 Å². The van der Waals surface area contributed by atoms with Crippen LogP contribution in [0.15, 0.2) is 18.2 Å². The highest BCUT2D eigenvalue weighted by molar-refractivity contribution is 5.25. The SMILES string of the molecule is Cc1ccc(F)c(C(O)CC2CCCCCC2)c1. The Morgan fingerprint density at radius 3 is 2.56 bits per heavy atom. The standard InChI is InChI=1S/C16H23FO/c1-12-8-9-15(17)14(10-12)16(18)11-13-6-4-2-3-5-7-13/h8-10,13,16,18H,2-7,11H2,1H3. The lowest BCUT2D eigenvalue weighted by molar-refractivity contribution is 0.135. The summed E-state index contributed by atoms with van der Waals surface area (Å²) in [6.07, 6.45) is 7.57. The van der Waals surface area contributed by atoms with Crippen molar-refractivity contribution < 1.29 is 9.50 Å². The number of hydrogen-bond acceptors (Lipinski definition) is 1. The molecule has 2 rings (SSSR count). The second-order valence-electron chi connectivity index (χ2n) is 5.63. The molecule has 1 atom stereocenters. The van der Waals surface area contributed by atoms with E-state index in [0.717, 1.165) is 5.56 Å². The Balaban J connectivity index is 2.01. The van der Waals surface area contributed by atoms with E-state index >= 15 is 0 Å². The first kappa shape index (κ1) is 13.5. The van der Waals surface area contributed by atoms with Gasteiger partial charge >= 0.3 is 0 Å². The van der Waals surface area contributed by atoms with E-state index in [-0.39, 0.29) is 5.82 Å². The zero-order chi connectivity index (χ0) is 13.0. The van der Waals surface area contributed by atoms with Crippen molar-refractivity contribution in [2.24, 2.45) is 5.92 Å². The van der Waals surface area contributed by atoms with Gasteiger partial charge < -0.3 is 5.11 Å². The first-order chi connectivity index (χ1) is 8.66. The molecule has 1 fully saturated rings. The van der Waals surface area contributed by atoms with Crippen molar-refractivity contribution in [2.75, 3.05) is 0 Å². The van der Waals surface area contributed by atoms with Gasteiger partial charge in [-0.1, -0.05) is 56.2 Å². The van der Waals surface area contributed by atoms with Gasteiger partial charge in [-0.15, -0.1) is 0 Å². The molecule has 1 aliphatic rings. The van der Waals surface area contributed by atoms with Gasteiger partial charge in [-0.05, 0) is 25.3 Å². The minimum Gasteiger partial charge on any atom is -0.388 e. The summed E-state index contributed by atoms with van der Waals surface area (Å²) in [6, 6.07) is 4.98. The number of rotatable bonds is 3. The molecular formula is C16H23FO. The summed E-state index contributed by atoms with van der Waals surface area (Å²) in [5.41, 5.74) is 1.48. The molecular weight excluding hydrogens is 227 g/mol. The Kier molecular flexibility index (Phi) is 4.76. The van der Waals surface area contributed by atoms with Crippen molar-refractivity contribution >= 4 is 0 Å². The third-order valence-corrected chi connectivity index (χ3v) is 4.04. The highest BCUT2D eigenvalue weighted by atomic mass is 19.1. The lowest BCUT2D eigenvalue weighted by Crippen LogP contribution is -2.08. The molecule has 1 nitrogen and oxygen atoms in total. The molecule has 0 amide bonds. The summed E-state index contributed by atoms with van der Waals surface area (Å²) < 4.78 is 13.7. The van der Waals surface area contributed by atoms with E-state index < -0.39 is 6.10 Å². The minimum absolute atomic E-state index is 0.276. The van der Waals surface area contributed by atoms with E-state index in [1.807, 2.05) is 6.92 Å². The Labute approximate surface area is 109 Å². The molecule has 1 N–H and O–H groups in total. The molecule has 0 aliphatic heterocycles. The monoisotopic (exact) mass is 250 g/mol. The van der Waals surface area contributed by atoms with Gasteiger partial charge in [0, 0.05) is 5.56 Å². The first-order valence-electron chi connectivity index (χ1n) is 7.11. The predicted molar refractivity (Wildman–Crippen MR) is 71.9 cm³/mol. The van der Waals surface area contributed by atoms with Crippen LogP contribution in [0.25, 0.3) is 0 Å². The number of benzene rings is 1. The summed E-state index contributed by atoms with van der Waals surface area (Å²) in [6.45, 7) is 1.93. The highest BCUT2D eigenvalue weighted by Crippen LogP contribution is 2.32. The molecule has 1 saturated carbocycles. The third kappa shape index (κ3) is 3.55. The molecule has 0 bridgehead atoms. The zero-order valence-corrected chi connectivity index (χ0v) is 11.2. The van der Waals surface area contributed by atoms with Crippen molar-refractivity contribution in [3.63, 3.8) is 0 Å². The van der Waals surface area contributed by atoms with Crippen LogP contribution in [-0.4, -0.2) is 5.11 Å². The normalized spacial score (nSPS) is 19.5. The zero-order valence-electron chi connectivity index (χ0n) is 11.2. The fraction of sp³-hybridized carbons (Fsp3) is 0.625. The van der Waals surface area contributed by atoms with Crippen LogP contribution in [0, 0.1) is 18.7 Å². The maximum Gasteiger partial charge on any atom is 0.129 e. The topological polar surface area (TPSA) is 20.2 Å². The molecule has 100 valence electrons. The number of hydrogen-bond donors (Lipinski definition) is 1. The van der Waals surface area contributed by atoms with Crippen LogP contribution in [-0.2, 0) is 0 Å². The average Bonchev–Trinajstić information content (AvgIpc) is 2.61. The van der Waals surface area contributed by atoms with Gasteiger partial charge in [0.05, 0.1) is 6.10 Å². The van der Waals surface area contributed by atoms with E-state index in [1.165, 1.54) is 44.6 Å². The maximum atomic E-state index is 13.7. The van der Waals surface area contributed by atoms with Gasteiger partial charge in [0.25, 0.3) is 0 Å². The van der Waals surface area contributed by atoms with Gasteiger partial charge in [-0.3, -0.25) is 0 Å². The molecule has 0 saturated heterocycles. The van der Waals surface area contributed by atoms with Crippen LogP contribution in [0.3, 0.4) is 0 Å². The van der Waals surface area contributed by atoms with E-state index in [0.29, 0.717) is 17.9 Å². The minimum atomic E-state index is -0.645. The lowest BCUT2D eigenvalue weighted by atomic mass is 9.90. The maximum absolute atomic E-state index is 13.7. The molecule has 0 aromatic heterocycles. The largest absolute Gasteiger partial charge is 0.388 e. The van der Waals surface area contributed by atoms with Crippen molar-refractivity contribution in [3.8, 4) is 0 Å².